The summed E-state index contributed by atoms with van der Waals surface area (Å²) in [5.74, 6) is 0.907. The molecule has 1 aliphatic carbocycles. The highest BCUT2D eigenvalue weighted by Crippen LogP contribution is 2.24. The second-order valence-electron chi connectivity index (χ2n) is 4.03. The van der Waals surface area contributed by atoms with Crippen LogP contribution in [-0.2, 0) is 4.74 Å². The Morgan fingerprint density at radius 2 is 2.06 bits per heavy atom. The zero-order valence-electron chi connectivity index (χ0n) is 10.4. The molecule has 96 valence electrons. The van der Waals surface area contributed by atoms with E-state index < -0.39 is 0 Å². The number of benzene rings is 1. The Hall–Kier alpha value is -1.25. The van der Waals surface area contributed by atoms with Crippen LogP contribution in [0, 0.1) is 0 Å². The van der Waals surface area contributed by atoms with Gasteiger partial charge in [-0.2, -0.15) is 0 Å². The fraction of sp³-hybridized carbons (Fsp3) is 0.333. The van der Waals surface area contributed by atoms with E-state index in [0.29, 0.717) is 6.61 Å². The van der Waals surface area contributed by atoms with Crippen LogP contribution in [0.2, 0.25) is 0 Å². The molecule has 0 N–H and O–H groups in total. The van der Waals surface area contributed by atoms with Crippen molar-refractivity contribution in [2.24, 2.45) is 0 Å². The summed E-state index contributed by atoms with van der Waals surface area (Å²) in [5.41, 5.74) is 2.41. The largest absolute Gasteiger partial charge is 0.494 e. The quantitative estimate of drug-likeness (QED) is 0.748. The van der Waals surface area contributed by atoms with Gasteiger partial charge in [-0.05, 0) is 36.6 Å². The summed E-state index contributed by atoms with van der Waals surface area (Å²) < 4.78 is 10.8. The predicted molar refractivity (Wildman–Crippen MR) is 74.9 cm³/mol. The molecule has 0 heterocycles. The molecule has 0 spiro atoms. The molecule has 0 amide bonds. The standard InChI is InChI=1S/C15H17ClO2/c1-2-17-14-7-3-12(4-8-14)13-5-9-15(10-6-13)18-11-16/h3-9,15H,2,10-11H2,1H3. The highest BCUT2D eigenvalue weighted by molar-refractivity contribution is 6.17. The molecular formula is C15H17ClO2. The van der Waals surface area contributed by atoms with Gasteiger partial charge in [0.2, 0.25) is 0 Å². The van der Waals surface area contributed by atoms with E-state index in [1.54, 1.807) is 0 Å². The Bertz CT molecular complexity index is 434. The van der Waals surface area contributed by atoms with Crippen LogP contribution >= 0.6 is 11.6 Å². The van der Waals surface area contributed by atoms with Crippen molar-refractivity contribution in [1.82, 2.24) is 0 Å². The van der Waals surface area contributed by atoms with Gasteiger partial charge in [0.15, 0.2) is 0 Å². The van der Waals surface area contributed by atoms with Crippen molar-refractivity contribution >= 4 is 17.2 Å². The van der Waals surface area contributed by atoms with Crippen LogP contribution in [0.15, 0.2) is 42.5 Å². The average Bonchev–Trinajstić information content (AvgIpc) is 2.41. The maximum Gasteiger partial charge on any atom is 0.121 e. The fourth-order valence-corrected chi connectivity index (χ4v) is 2.09. The van der Waals surface area contributed by atoms with E-state index in [4.69, 9.17) is 21.1 Å². The summed E-state index contributed by atoms with van der Waals surface area (Å²) in [6, 6.07) is 8.37. The van der Waals surface area contributed by atoms with Crippen molar-refractivity contribution < 1.29 is 9.47 Å². The Morgan fingerprint density at radius 1 is 1.28 bits per heavy atom. The molecule has 3 heteroatoms. The first-order valence-corrected chi connectivity index (χ1v) is 6.66. The maximum absolute atomic E-state index is 5.54. The molecule has 1 unspecified atom stereocenters. The number of alkyl halides is 1. The van der Waals surface area contributed by atoms with Crippen molar-refractivity contribution in [2.75, 3.05) is 12.7 Å². The molecule has 1 aliphatic rings. The number of ether oxygens (including phenoxy) is 2. The molecule has 1 atom stereocenters. The molecule has 0 saturated carbocycles. The van der Waals surface area contributed by atoms with Crippen LogP contribution in [0.25, 0.3) is 5.57 Å². The van der Waals surface area contributed by atoms with E-state index in [1.807, 2.05) is 25.1 Å². The van der Waals surface area contributed by atoms with E-state index in [-0.39, 0.29) is 12.2 Å². The van der Waals surface area contributed by atoms with Gasteiger partial charge in [-0.15, -0.1) is 0 Å². The molecule has 1 aromatic rings. The third-order valence-corrected chi connectivity index (χ3v) is 2.96. The molecule has 0 saturated heterocycles. The summed E-state index contributed by atoms with van der Waals surface area (Å²) in [6.07, 6.45) is 7.28. The predicted octanol–water partition coefficient (Wildman–Crippen LogP) is 4.01. The van der Waals surface area contributed by atoms with Gasteiger partial charge in [0.05, 0.1) is 12.7 Å². The summed E-state index contributed by atoms with van der Waals surface area (Å²) in [5, 5.41) is 0. The molecule has 0 radical (unpaired) electrons. The highest BCUT2D eigenvalue weighted by atomic mass is 35.5. The van der Waals surface area contributed by atoms with Gasteiger partial charge in [0.1, 0.15) is 11.8 Å². The van der Waals surface area contributed by atoms with Gasteiger partial charge in [0.25, 0.3) is 0 Å². The molecule has 1 aromatic carbocycles. The summed E-state index contributed by atoms with van der Waals surface area (Å²) in [4.78, 5) is 0. The summed E-state index contributed by atoms with van der Waals surface area (Å²) in [6.45, 7) is 2.68. The van der Waals surface area contributed by atoms with Gasteiger partial charge in [-0.1, -0.05) is 42.0 Å². The lowest BCUT2D eigenvalue weighted by atomic mass is 9.98. The minimum Gasteiger partial charge on any atom is -0.494 e. The normalized spacial score (nSPS) is 18.6. The monoisotopic (exact) mass is 264 g/mol. The van der Waals surface area contributed by atoms with E-state index in [9.17, 15) is 0 Å². The summed E-state index contributed by atoms with van der Waals surface area (Å²) >= 11 is 5.54. The molecule has 0 fully saturated rings. The highest BCUT2D eigenvalue weighted by Gasteiger charge is 2.09. The van der Waals surface area contributed by atoms with E-state index in [2.05, 4.69) is 24.3 Å². The Labute approximate surface area is 113 Å². The van der Waals surface area contributed by atoms with E-state index in [0.717, 1.165) is 12.2 Å². The van der Waals surface area contributed by atoms with Crippen molar-refractivity contribution in [2.45, 2.75) is 19.4 Å². The van der Waals surface area contributed by atoms with Gasteiger partial charge in [-0.25, -0.2) is 0 Å². The van der Waals surface area contributed by atoms with Crippen LogP contribution in [0.1, 0.15) is 18.9 Å². The molecule has 0 aliphatic heterocycles. The Kier molecular flexibility index (Phi) is 4.85. The van der Waals surface area contributed by atoms with Crippen molar-refractivity contribution in [3.8, 4) is 5.75 Å². The minimum atomic E-state index is 0.106. The zero-order valence-corrected chi connectivity index (χ0v) is 11.2. The molecule has 0 aromatic heterocycles. The maximum atomic E-state index is 5.54. The first-order chi connectivity index (χ1) is 8.83. The van der Waals surface area contributed by atoms with Crippen LogP contribution in [0.5, 0.6) is 5.75 Å². The second kappa shape index (κ2) is 6.62. The van der Waals surface area contributed by atoms with Gasteiger partial charge in [0, 0.05) is 0 Å². The third kappa shape index (κ3) is 3.37. The van der Waals surface area contributed by atoms with Gasteiger partial charge in [-0.3, -0.25) is 0 Å². The van der Waals surface area contributed by atoms with Crippen LogP contribution in [0.3, 0.4) is 0 Å². The molecular weight excluding hydrogens is 248 g/mol. The Morgan fingerprint density at radius 3 is 2.61 bits per heavy atom. The molecule has 2 nitrogen and oxygen atoms in total. The van der Waals surface area contributed by atoms with E-state index >= 15 is 0 Å². The molecule has 2 rings (SSSR count). The van der Waals surface area contributed by atoms with Crippen LogP contribution < -0.4 is 4.74 Å². The minimum absolute atomic E-state index is 0.106. The SMILES string of the molecule is CCOc1ccc(C2=CCC(OCCl)C=C2)cc1. The van der Waals surface area contributed by atoms with E-state index in [1.165, 1.54) is 11.1 Å². The first-order valence-electron chi connectivity index (χ1n) is 6.12. The van der Waals surface area contributed by atoms with Gasteiger partial charge < -0.3 is 9.47 Å². The van der Waals surface area contributed by atoms with Gasteiger partial charge >= 0.3 is 0 Å². The fourth-order valence-electron chi connectivity index (χ4n) is 1.93. The Balaban J connectivity index is 2.02. The van der Waals surface area contributed by atoms with Crippen molar-refractivity contribution in [3.05, 3.63) is 48.1 Å². The molecule has 0 bridgehead atoms. The first kappa shape index (κ1) is 13.2. The lowest BCUT2D eigenvalue weighted by molar-refractivity contribution is 0.126. The van der Waals surface area contributed by atoms with Crippen LogP contribution in [0.4, 0.5) is 0 Å². The third-order valence-electron chi connectivity index (χ3n) is 2.84. The zero-order chi connectivity index (χ0) is 12.8. The number of halogens is 1. The second-order valence-corrected chi connectivity index (χ2v) is 4.24. The summed E-state index contributed by atoms with van der Waals surface area (Å²) in [7, 11) is 0. The number of rotatable bonds is 5. The molecule has 18 heavy (non-hydrogen) atoms. The number of allylic oxidation sites excluding steroid dienone is 2. The number of hydrogen-bond donors (Lipinski definition) is 0. The average molecular weight is 265 g/mol. The smallest absolute Gasteiger partial charge is 0.121 e. The lowest BCUT2D eigenvalue weighted by Gasteiger charge is -2.15. The lowest BCUT2D eigenvalue weighted by Crippen LogP contribution is -2.10. The van der Waals surface area contributed by atoms with Crippen molar-refractivity contribution in [1.29, 1.82) is 0 Å². The topological polar surface area (TPSA) is 18.5 Å². The number of hydrogen-bond acceptors (Lipinski definition) is 2. The van der Waals surface area contributed by atoms with Crippen LogP contribution in [-0.4, -0.2) is 18.8 Å². The van der Waals surface area contributed by atoms with Crippen molar-refractivity contribution in [3.63, 3.8) is 0 Å².